The van der Waals surface area contributed by atoms with Crippen molar-refractivity contribution in [3.8, 4) is 6.07 Å². The van der Waals surface area contributed by atoms with Crippen LogP contribution in [0.2, 0.25) is 5.02 Å². The fourth-order valence-corrected chi connectivity index (χ4v) is 3.11. The van der Waals surface area contributed by atoms with Gasteiger partial charge in [-0.05, 0) is 18.2 Å². The Balaban J connectivity index is 3.42. The molecule has 3 nitrogen and oxygen atoms in total. The van der Waals surface area contributed by atoms with Crippen molar-refractivity contribution in [1.82, 2.24) is 0 Å². The Bertz CT molecular complexity index is 643. The van der Waals surface area contributed by atoms with E-state index in [1.807, 2.05) is 19.9 Å². The Labute approximate surface area is 123 Å². The number of rotatable bonds is 4. The molecule has 19 heavy (non-hydrogen) atoms. The zero-order valence-electron chi connectivity index (χ0n) is 10.8. The first kappa shape index (κ1) is 16.1. The highest BCUT2D eigenvalue weighted by Crippen LogP contribution is 2.33. The monoisotopic (exact) mass is 315 g/mol. The van der Waals surface area contributed by atoms with Crippen molar-refractivity contribution in [3.05, 3.63) is 33.7 Å². The normalized spacial score (nSPS) is 12.5. The van der Waals surface area contributed by atoms with Crippen LogP contribution < -0.4 is 0 Å². The van der Waals surface area contributed by atoms with Gasteiger partial charge in [-0.25, -0.2) is 8.42 Å². The van der Waals surface area contributed by atoms with Gasteiger partial charge in [-0.3, -0.25) is 0 Å². The molecule has 1 rings (SSSR count). The topological polar surface area (TPSA) is 57.9 Å². The summed E-state index contributed by atoms with van der Waals surface area (Å²) in [7, 11) is -3.54. The summed E-state index contributed by atoms with van der Waals surface area (Å²) >= 11 is 7.67. The van der Waals surface area contributed by atoms with Gasteiger partial charge in [-0.2, -0.15) is 5.26 Å². The SMILES string of the molecule is CC(C)Sc1cccc(Cl)c1/C=C(\C#N)S(C)(=O)=O. The Hall–Kier alpha value is -0.960. The minimum atomic E-state index is -3.54. The van der Waals surface area contributed by atoms with E-state index in [-0.39, 0.29) is 4.91 Å². The molecule has 0 aliphatic heterocycles. The molecule has 0 fully saturated rings. The van der Waals surface area contributed by atoms with Gasteiger partial charge in [0.15, 0.2) is 9.84 Å². The van der Waals surface area contributed by atoms with Crippen LogP contribution in [0.1, 0.15) is 19.4 Å². The number of allylic oxidation sites excluding steroid dienone is 1. The molecule has 0 heterocycles. The zero-order valence-corrected chi connectivity index (χ0v) is 13.2. The third kappa shape index (κ3) is 4.57. The number of hydrogen-bond acceptors (Lipinski definition) is 4. The molecule has 0 amide bonds. The molecule has 0 spiro atoms. The summed E-state index contributed by atoms with van der Waals surface area (Å²) in [6, 6.07) is 7.04. The van der Waals surface area contributed by atoms with Crippen LogP contribution in [-0.2, 0) is 9.84 Å². The molecule has 1 aromatic carbocycles. The summed E-state index contributed by atoms with van der Waals surface area (Å²) in [5.74, 6) is 0. The predicted octanol–water partition coefficient (Wildman–Crippen LogP) is 3.75. The average molecular weight is 316 g/mol. The molecule has 0 unspecified atom stereocenters. The molecule has 0 N–H and O–H groups in total. The van der Waals surface area contributed by atoms with Crippen LogP contribution in [0.25, 0.3) is 6.08 Å². The fraction of sp³-hybridized carbons (Fsp3) is 0.308. The van der Waals surface area contributed by atoms with Crippen molar-refractivity contribution in [2.24, 2.45) is 0 Å². The minimum absolute atomic E-state index is 0.286. The van der Waals surface area contributed by atoms with Crippen LogP contribution in [0.5, 0.6) is 0 Å². The molecule has 0 radical (unpaired) electrons. The predicted molar refractivity (Wildman–Crippen MR) is 80.9 cm³/mol. The zero-order chi connectivity index (χ0) is 14.6. The highest BCUT2D eigenvalue weighted by molar-refractivity contribution is 8.00. The third-order valence-corrected chi connectivity index (χ3v) is 4.58. The van der Waals surface area contributed by atoms with Crippen molar-refractivity contribution >= 4 is 39.3 Å². The number of thioether (sulfide) groups is 1. The number of sulfone groups is 1. The lowest BCUT2D eigenvalue weighted by atomic mass is 10.2. The Morgan fingerprint density at radius 1 is 1.47 bits per heavy atom. The van der Waals surface area contributed by atoms with E-state index in [9.17, 15) is 8.42 Å². The standard InChI is InChI=1S/C13H14ClNO2S2/c1-9(2)18-13-6-4-5-12(14)11(13)7-10(8-15)19(3,16)17/h4-7,9H,1-3H3/b10-7+. The fourth-order valence-electron chi connectivity index (χ4n) is 1.37. The second kappa shape index (κ2) is 6.47. The van der Waals surface area contributed by atoms with Crippen LogP contribution in [0, 0.1) is 11.3 Å². The molecule has 0 aromatic heterocycles. The number of nitriles is 1. The van der Waals surface area contributed by atoms with Crippen LogP contribution >= 0.6 is 23.4 Å². The first-order valence-electron chi connectivity index (χ1n) is 5.52. The van der Waals surface area contributed by atoms with Crippen molar-refractivity contribution in [3.63, 3.8) is 0 Å². The van der Waals surface area contributed by atoms with Gasteiger partial charge in [0.25, 0.3) is 0 Å². The van der Waals surface area contributed by atoms with Crippen molar-refractivity contribution in [2.75, 3.05) is 6.26 Å². The molecular formula is C13H14ClNO2S2. The molecule has 0 aliphatic rings. The Kier molecular flexibility index (Phi) is 5.48. The Morgan fingerprint density at radius 3 is 2.58 bits per heavy atom. The highest BCUT2D eigenvalue weighted by atomic mass is 35.5. The molecule has 6 heteroatoms. The maximum absolute atomic E-state index is 11.5. The van der Waals surface area contributed by atoms with Gasteiger partial charge in [-0.15, -0.1) is 11.8 Å². The number of halogens is 1. The number of hydrogen-bond donors (Lipinski definition) is 0. The van der Waals surface area contributed by atoms with Crippen LogP contribution in [0.4, 0.5) is 0 Å². The lowest BCUT2D eigenvalue weighted by molar-refractivity contribution is 0.609. The van der Waals surface area contributed by atoms with E-state index in [0.717, 1.165) is 11.2 Å². The van der Waals surface area contributed by atoms with E-state index in [1.54, 1.807) is 30.0 Å². The van der Waals surface area contributed by atoms with E-state index in [2.05, 4.69) is 0 Å². The van der Waals surface area contributed by atoms with E-state index >= 15 is 0 Å². The van der Waals surface area contributed by atoms with Gasteiger partial charge in [0, 0.05) is 27.0 Å². The average Bonchev–Trinajstić information content (AvgIpc) is 2.26. The molecule has 1 aromatic rings. The van der Waals surface area contributed by atoms with E-state index < -0.39 is 9.84 Å². The third-order valence-electron chi connectivity index (χ3n) is 2.16. The lowest BCUT2D eigenvalue weighted by Gasteiger charge is -2.10. The maximum Gasteiger partial charge on any atom is 0.185 e. The first-order chi connectivity index (χ1) is 8.75. The van der Waals surface area contributed by atoms with E-state index in [1.165, 1.54) is 6.08 Å². The second-order valence-corrected chi connectivity index (χ2v) is 8.22. The summed E-state index contributed by atoms with van der Waals surface area (Å²) in [6.45, 7) is 4.06. The van der Waals surface area contributed by atoms with Gasteiger partial charge >= 0.3 is 0 Å². The van der Waals surface area contributed by atoms with Crippen molar-refractivity contribution in [1.29, 1.82) is 5.26 Å². The molecule has 0 atom stereocenters. The van der Waals surface area contributed by atoms with Crippen LogP contribution in [0.3, 0.4) is 0 Å². The van der Waals surface area contributed by atoms with Gasteiger partial charge in [-0.1, -0.05) is 31.5 Å². The van der Waals surface area contributed by atoms with Crippen molar-refractivity contribution in [2.45, 2.75) is 24.0 Å². The molecule has 0 saturated carbocycles. The second-order valence-electron chi connectivity index (χ2n) is 4.21. The molecular weight excluding hydrogens is 302 g/mol. The summed E-state index contributed by atoms with van der Waals surface area (Å²) < 4.78 is 22.9. The Morgan fingerprint density at radius 2 is 2.11 bits per heavy atom. The molecule has 102 valence electrons. The largest absolute Gasteiger partial charge is 0.223 e. The highest BCUT2D eigenvalue weighted by Gasteiger charge is 2.14. The summed E-state index contributed by atoms with van der Waals surface area (Å²) in [5.41, 5.74) is 0.574. The van der Waals surface area contributed by atoms with Gasteiger partial charge in [0.2, 0.25) is 0 Å². The van der Waals surface area contributed by atoms with E-state index in [4.69, 9.17) is 16.9 Å². The summed E-state index contributed by atoms with van der Waals surface area (Å²) in [6.07, 6.45) is 2.34. The van der Waals surface area contributed by atoms with Gasteiger partial charge < -0.3 is 0 Å². The minimum Gasteiger partial charge on any atom is -0.223 e. The van der Waals surface area contributed by atoms with Crippen LogP contribution in [0.15, 0.2) is 28.0 Å². The van der Waals surface area contributed by atoms with Crippen LogP contribution in [-0.4, -0.2) is 19.9 Å². The first-order valence-corrected chi connectivity index (χ1v) is 8.67. The smallest absolute Gasteiger partial charge is 0.185 e. The number of nitrogens with zero attached hydrogens (tertiary/aromatic N) is 1. The summed E-state index contributed by atoms with van der Waals surface area (Å²) in [5, 5.41) is 9.70. The maximum atomic E-state index is 11.5. The molecule has 0 saturated heterocycles. The lowest BCUT2D eigenvalue weighted by Crippen LogP contribution is -1.99. The molecule has 0 aliphatic carbocycles. The molecule has 0 bridgehead atoms. The van der Waals surface area contributed by atoms with Crippen molar-refractivity contribution < 1.29 is 8.42 Å². The quantitative estimate of drug-likeness (QED) is 0.627. The van der Waals surface area contributed by atoms with E-state index in [0.29, 0.717) is 15.8 Å². The number of benzene rings is 1. The van der Waals surface area contributed by atoms with Gasteiger partial charge in [0.1, 0.15) is 11.0 Å². The summed E-state index contributed by atoms with van der Waals surface area (Å²) in [4.78, 5) is 0.574. The van der Waals surface area contributed by atoms with Gasteiger partial charge in [0.05, 0.1) is 0 Å².